The molecular weight excluding hydrogens is 240 g/mol. The molecule has 2 N–H and O–H groups in total. The number of halogens is 1. The van der Waals surface area contributed by atoms with Crippen molar-refractivity contribution in [1.82, 2.24) is 5.48 Å². The van der Waals surface area contributed by atoms with Crippen molar-refractivity contribution in [1.29, 1.82) is 0 Å². The minimum absolute atomic E-state index is 0.110. The third kappa shape index (κ3) is 6.26. The van der Waals surface area contributed by atoms with Crippen molar-refractivity contribution in [3.05, 3.63) is 29.3 Å². The van der Waals surface area contributed by atoms with E-state index >= 15 is 0 Å². The summed E-state index contributed by atoms with van der Waals surface area (Å²) in [6.07, 6.45) is 0. The van der Waals surface area contributed by atoms with E-state index in [0.717, 1.165) is 0 Å². The van der Waals surface area contributed by atoms with Crippen molar-refractivity contribution in [2.45, 2.75) is 13.8 Å². The van der Waals surface area contributed by atoms with Crippen LogP contribution in [0.2, 0.25) is 5.02 Å². The van der Waals surface area contributed by atoms with Gasteiger partial charge in [0.05, 0.1) is 6.61 Å². The number of anilines is 1. The van der Waals surface area contributed by atoms with Gasteiger partial charge in [-0.25, -0.2) is 0 Å². The SMILES string of the molecule is CC(C)CONCC(=O)Nc1cccc(Cl)c1. The predicted octanol–water partition coefficient (Wildman–Crippen LogP) is 2.46. The molecule has 94 valence electrons. The molecule has 0 saturated carbocycles. The van der Waals surface area contributed by atoms with Crippen molar-refractivity contribution in [2.24, 2.45) is 5.92 Å². The molecule has 1 aromatic carbocycles. The van der Waals surface area contributed by atoms with Crippen LogP contribution < -0.4 is 10.8 Å². The second-order valence-corrected chi connectivity index (χ2v) is 4.52. The lowest BCUT2D eigenvalue weighted by molar-refractivity contribution is -0.118. The highest BCUT2D eigenvalue weighted by molar-refractivity contribution is 6.30. The van der Waals surface area contributed by atoms with Crippen molar-refractivity contribution < 1.29 is 9.63 Å². The first-order valence-corrected chi connectivity index (χ1v) is 5.86. The number of hydrogen-bond acceptors (Lipinski definition) is 3. The number of benzene rings is 1. The Balaban J connectivity index is 2.25. The molecule has 0 spiro atoms. The normalized spacial score (nSPS) is 10.6. The number of carbonyl (C=O) groups excluding carboxylic acids is 1. The lowest BCUT2D eigenvalue weighted by Gasteiger charge is -2.08. The third-order valence-electron chi connectivity index (χ3n) is 1.86. The topological polar surface area (TPSA) is 50.4 Å². The summed E-state index contributed by atoms with van der Waals surface area (Å²) in [7, 11) is 0. The first-order chi connectivity index (χ1) is 8.08. The van der Waals surface area contributed by atoms with E-state index in [-0.39, 0.29) is 12.5 Å². The number of hydrogen-bond donors (Lipinski definition) is 2. The van der Waals surface area contributed by atoms with Gasteiger partial charge in [0.1, 0.15) is 6.54 Å². The van der Waals surface area contributed by atoms with Crippen LogP contribution in [0.3, 0.4) is 0 Å². The number of amides is 1. The molecule has 0 aliphatic rings. The van der Waals surface area contributed by atoms with Gasteiger partial charge >= 0.3 is 0 Å². The van der Waals surface area contributed by atoms with Crippen molar-refractivity contribution in [3.63, 3.8) is 0 Å². The van der Waals surface area contributed by atoms with Crippen LogP contribution in [0.1, 0.15) is 13.8 Å². The number of rotatable bonds is 6. The zero-order valence-electron chi connectivity index (χ0n) is 10.00. The Hall–Kier alpha value is -1.10. The summed E-state index contributed by atoms with van der Waals surface area (Å²) in [5, 5.41) is 3.29. The van der Waals surface area contributed by atoms with Gasteiger partial charge in [-0.3, -0.25) is 4.79 Å². The fraction of sp³-hybridized carbons (Fsp3) is 0.417. The molecule has 0 aliphatic heterocycles. The van der Waals surface area contributed by atoms with Gasteiger partial charge in [-0.15, -0.1) is 0 Å². The molecule has 0 atom stereocenters. The Kier molecular flexibility index (Phi) is 5.97. The molecule has 4 nitrogen and oxygen atoms in total. The lowest BCUT2D eigenvalue weighted by atomic mass is 10.2. The first kappa shape index (κ1) is 14.0. The van der Waals surface area contributed by atoms with Crippen molar-refractivity contribution >= 4 is 23.2 Å². The average molecular weight is 257 g/mol. The minimum atomic E-state index is -0.170. The maximum Gasteiger partial charge on any atom is 0.240 e. The maximum absolute atomic E-state index is 11.5. The summed E-state index contributed by atoms with van der Waals surface area (Å²) in [5.74, 6) is 0.259. The first-order valence-electron chi connectivity index (χ1n) is 5.48. The molecule has 0 aromatic heterocycles. The molecule has 1 amide bonds. The highest BCUT2D eigenvalue weighted by atomic mass is 35.5. The Bertz CT molecular complexity index is 369. The van der Waals surface area contributed by atoms with Gasteiger partial charge in [0.2, 0.25) is 5.91 Å². The van der Waals surface area contributed by atoms with Gasteiger partial charge in [-0.2, -0.15) is 5.48 Å². The highest BCUT2D eigenvalue weighted by Crippen LogP contribution is 2.14. The molecule has 0 bridgehead atoms. The lowest BCUT2D eigenvalue weighted by Crippen LogP contribution is -2.29. The van der Waals surface area contributed by atoms with Gasteiger partial charge in [-0.05, 0) is 24.1 Å². The van der Waals surface area contributed by atoms with E-state index < -0.39 is 0 Å². The minimum Gasteiger partial charge on any atom is -0.325 e. The summed E-state index contributed by atoms with van der Waals surface area (Å²) in [6, 6.07) is 7.00. The van der Waals surface area contributed by atoms with Crippen LogP contribution in [-0.4, -0.2) is 19.1 Å². The molecule has 0 saturated heterocycles. The Morgan fingerprint density at radius 3 is 2.88 bits per heavy atom. The second-order valence-electron chi connectivity index (χ2n) is 4.08. The van der Waals surface area contributed by atoms with Crippen LogP contribution in [0.4, 0.5) is 5.69 Å². The van der Waals surface area contributed by atoms with Gasteiger partial charge in [0, 0.05) is 10.7 Å². The second kappa shape index (κ2) is 7.27. The monoisotopic (exact) mass is 256 g/mol. The fourth-order valence-corrected chi connectivity index (χ4v) is 1.30. The van der Waals surface area contributed by atoms with Crippen LogP contribution in [0.25, 0.3) is 0 Å². The van der Waals surface area contributed by atoms with Crippen LogP contribution in [-0.2, 0) is 9.63 Å². The predicted molar refractivity (Wildman–Crippen MR) is 68.9 cm³/mol. The third-order valence-corrected chi connectivity index (χ3v) is 2.09. The Morgan fingerprint density at radius 2 is 2.24 bits per heavy atom. The molecule has 0 radical (unpaired) electrons. The van der Waals surface area contributed by atoms with Gasteiger partial charge in [0.25, 0.3) is 0 Å². The molecule has 1 aromatic rings. The number of nitrogens with one attached hydrogen (secondary N) is 2. The zero-order chi connectivity index (χ0) is 12.7. The standard InChI is InChI=1S/C12H17ClN2O2/c1-9(2)8-17-14-7-12(16)15-11-5-3-4-10(13)6-11/h3-6,9,14H,7-8H2,1-2H3,(H,15,16). The molecular formula is C12H17ClN2O2. The molecule has 0 aliphatic carbocycles. The zero-order valence-corrected chi connectivity index (χ0v) is 10.8. The summed E-state index contributed by atoms with van der Waals surface area (Å²) in [6.45, 7) is 4.76. The van der Waals surface area contributed by atoms with Crippen LogP contribution in [0.5, 0.6) is 0 Å². The smallest absolute Gasteiger partial charge is 0.240 e. The molecule has 17 heavy (non-hydrogen) atoms. The van der Waals surface area contributed by atoms with E-state index in [1.165, 1.54) is 0 Å². The van der Waals surface area contributed by atoms with Crippen LogP contribution in [0, 0.1) is 5.92 Å². The molecule has 0 fully saturated rings. The summed E-state index contributed by atoms with van der Waals surface area (Å²) in [5.41, 5.74) is 3.28. The van der Waals surface area contributed by atoms with E-state index in [2.05, 4.69) is 10.8 Å². The fourth-order valence-electron chi connectivity index (χ4n) is 1.11. The largest absolute Gasteiger partial charge is 0.325 e. The van der Waals surface area contributed by atoms with Crippen LogP contribution in [0.15, 0.2) is 24.3 Å². The number of carbonyl (C=O) groups is 1. The summed E-state index contributed by atoms with van der Waals surface area (Å²) < 4.78 is 0. The van der Waals surface area contributed by atoms with E-state index in [1.54, 1.807) is 24.3 Å². The Morgan fingerprint density at radius 1 is 1.47 bits per heavy atom. The van der Waals surface area contributed by atoms with E-state index in [4.69, 9.17) is 16.4 Å². The van der Waals surface area contributed by atoms with Crippen LogP contribution >= 0.6 is 11.6 Å². The highest BCUT2D eigenvalue weighted by Gasteiger charge is 2.02. The average Bonchev–Trinajstić information content (AvgIpc) is 2.24. The van der Waals surface area contributed by atoms with Gasteiger partial charge in [0.15, 0.2) is 0 Å². The van der Waals surface area contributed by atoms with E-state index in [9.17, 15) is 4.79 Å². The maximum atomic E-state index is 11.5. The summed E-state index contributed by atoms with van der Waals surface area (Å²) >= 11 is 5.80. The molecule has 5 heteroatoms. The van der Waals surface area contributed by atoms with E-state index in [0.29, 0.717) is 23.2 Å². The molecule has 0 unspecified atom stereocenters. The van der Waals surface area contributed by atoms with Gasteiger partial charge in [-0.1, -0.05) is 31.5 Å². The quantitative estimate of drug-likeness (QED) is 0.607. The summed E-state index contributed by atoms with van der Waals surface area (Å²) in [4.78, 5) is 16.6. The van der Waals surface area contributed by atoms with Crippen molar-refractivity contribution in [3.8, 4) is 0 Å². The Labute approximate surface area is 106 Å². The van der Waals surface area contributed by atoms with Gasteiger partial charge < -0.3 is 10.2 Å². The van der Waals surface area contributed by atoms with Crippen molar-refractivity contribution in [2.75, 3.05) is 18.5 Å². The number of hydroxylamine groups is 1. The molecule has 0 heterocycles. The van der Waals surface area contributed by atoms with E-state index in [1.807, 2.05) is 13.8 Å². The molecule has 1 rings (SSSR count).